The number of likely N-dealkylation sites (N-methyl/N-ethyl adjacent to an activating group) is 1. The summed E-state index contributed by atoms with van der Waals surface area (Å²) in [6, 6.07) is 14.1. The molecule has 1 heterocycles. The van der Waals surface area contributed by atoms with Crippen LogP contribution in [0.25, 0.3) is 0 Å². The SMILES string of the molecule is CCOC(=O)C1=C(COc2ccccc2Cl)N(CC)C(=O)N[C@@H]1c1ccc(C(C)C)cc1. The molecule has 1 aliphatic heterocycles. The van der Waals surface area contributed by atoms with Gasteiger partial charge in [0.1, 0.15) is 12.4 Å². The molecule has 0 aliphatic carbocycles. The number of rotatable bonds is 8. The Morgan fingerprint density at radius 1 is 1.12 bits per heavy atom. The average Bonchev–Trinajstić information content (AvgIpc) is 2.78. The first-order valence-electron chi connectivity index (χ1n) is 10.8. The van der Waals surface area contributed by atoms with Crippen molar-refractivity contribution in [1.82, 2.24) is 10.2 Å². The minimum absolute atomic E-state index is 0.000279. The Balaban J connectivity index is 2.06. The van der Waals surface area contributed by atoms with Gasteiger partial charge in [0.2, 0.25) is 0 Å². The quantitative estimate of drug-likeness (QED) is 0.536. The molecular formula is C25H29ClN2O4. The van der Waals surface area contributed by atoms with Crippen LogP contribution in [0.3, 0.4) is 0 Å². The highest BCUT2D eigenvalue weighted by atomic mass is 35.5. The van der Waals surface area contributed by atoms with Gasteiger partial charge in [0.15, 0.2) is 0 Å². The van der Waals surface area contributed by atoms with Crippen molar-refractivity contribution >= 4 is 23.6 Å². The number of esters is 1. The van der Waals surface area contributed by atoms with E-state index in [-0.39, 0.29) is 19.2 Å². The number of halogens is 1. The van der Waals surface area contributed by atoms with Crippen molar-refractivity contribution in [3.8, 4) is 5.75 Å². The van der Waals surface area contributed by atoms with E-state index in [0.29, 0.717) is 34.5 Å². The van der Waals surface area contributed by atoms with Crippen molar-refractivity contribution < 1.29 is 19.1 Å². The maximum Gasteiger partial charge on any atom is 0.338 e. The molecule has 1 N–H and O–H groups in total. The molecule has 0 unspecified atom stereocenters. The molecule has 0 radical (unpaired) electrons. The number of carbonyl (C=O) groups excluding carboxylic acids is 2. The maximum absolute atomic E-state index is 13.1. The van der Waals surface area contributed by atoms with Crippen LogP contribution in [0.5, 0.6) is 5.75 Å². The molecule has 0 saturated heterocycles. The Morgan fingerprint density at radius 2 is 1.81 bits per heavy atom. The van der Waals surface area contributed by atoms with Crippen LogP contribution in [0.2, 0.25) is 5.02 Å². The van der Waals surface area contributed by atoms with Crippen molar-refractivity contribution in [2.45, 2.75) is 39.7 Å². The van der Waals surface area contributed by atoms with Gasteiger partial charge in [-0.1, -0.05) is 61.8 Å². The molecule has 1 atom stereocenters. The molecule has 2 aromatic carbocycles. The van der Waals surface area contributed by atoms with E-state index in [1.165, 1.54) is 10.5 Å². The van der Waals surface area contributed by atoms with E-state index < -0.39 is 12.0 Å². The van der Waals surface area contributed by atoms with Gasteiger partial charge in [-0.05, 0) is 43.0 Å². The van der Waals surface area contributed by atoms with Crippen molar-refractivity contribution in [2.24, 2.45) is 0 Å². The Morgan fingerprint density at radius 3 is 2.41 bits per heavy atom. The molecule has 0 aromatic heterocycles. The number of carbonyl (C=O) groups is 2. The Bertz CT molecular complexity index is 1000. The van der Waals surface area contributed by atoms with E-state index in [9.17, 15) is 9.59 Å². The van der Waals surface area contributed by atoms with Crippen molar-refractivity contribution in [1.29, 1.82) is 0 Å². The standard InChI is InChI=1S/C25H29ClN2O4/c1-5-28-20(15-32-21-10-8-7-9-19(21)26)22(24(29)31-6-2)23(27-25(28)30)18-13-11-17(12-14-18)16(3)4/h7-14,16,23H,5-6,15H2,1-4H3,(H,27,30)/t23-/m1/s1. The second-order valence-corrected chi connectivity index (χ2v) is 8.16. The fourth-order valence-corrected chi connectivity index (χ4v) is 3.86. The van der Waals surface area contributed by atoms with Gasteiger partial charge in [-0.3, -0.25) is 4.90 Å². The third-order valence-corrected chi connectivity index (χ3v) is 5.70. The summed E-state index contributed by atoms with van der Waals surface area (Å²) in [4.78, 5) is 27.5. The fourth-order valence-electron chi connectivity index (χ4n) is 3.67. The minimum atomic E-state index is -0.643. The summed E-state index contributed by atoms with van der Waals surface area (Å²) < 4.78 is 11.3. The molecule has 0 fully saturated rings. The monoisotopic (exact) mass is 456 g/mol. The van der Waals surface area contributed by atoms with Gasteiger partial charge < -0.3 is 14.8 Å². The first-order valence-corrected chi connectivity index (χ1v) is 11.2. The predicted octanol–water partition coefficient (Wildman–Crippen LogP) is 5.45. The number of nitrogens with zero attached hydrogens (tertiary/aromatic N) is 1. The normalized spacial score (nSPS) is 16.2. The molecule has 170 valence electrons. The zero-order chi connectivity index (χ0) is 23.3. The zero-order valence-corrected chi connectivity index (χ0v) is 19.6. The van der Waals surface area contributed by atoms with Crippen LogP contribution in [0.4, 0.5) is 4.79 Å². The number of nitrogens with one attached hydrogen (secondary N) is 1. The molecule has 1 aliphatic rings. The van der Waals surface area contributed by atoms with Crippen molar-refractivity contribution in [3.05, 3.63) is 76.0 Å². The molecule has 0 saturated carbocycles. The second-order valence-electron chi connectivity index (χ2n) is 7.75. The summed E-state index contributed by atoms with van der Waals surface area (Å²) in [5.74, 6) is 0.367. The number of benzene rings is 2. The third kappa shape index (κ3) is 5.07. The number of para-hydroxylation sites is 1. The largest absolute Gasteiger partial charge is 0.486 e. The van der Waals surface area contributed by atoms with Gasteiger partial charge >= 0.3 is 12.0 Å². The zero-order valence-electron chi connectivity index (χ0n) is 18.9. The van der Waals surface area contributed by atoms with Crippen molar-refractivity contribution in [2.75, 3.05) is 19.8 Å². The Hall–Kier alpha value is -2.99. The third-order valence-electron chi connectivity index (χ3n) is 5.39. The molecule has 2 amide bonds. The van der Waals surface area contributed by atoms with Crippen LogP contribution >= 0.6 is 11.6 Å². The minimum Gasteiger partial charge on any atom is -0.486 e. The number of urea groups is 1. The molecule has 7 heteroatoms. The van der Waals surface area contributed by atoms with Crippen molar-refractivity contribution in [3.63, 3.8) is 0 Å². The lowest BCUT2D eigenvalue weighted by Gasteiger charge is -2.36. The number of hydrogen-bond acceptors (Lipinski definition) is 4. The lowest BCUT2D eigenvalue weighted by molar-refractivity contribution is -0.139. The maximum atomic E-state index is 13.1. The van der Waals surface area contributed by atoms with Crippen LogP contribution in [0.1, 0.15) is 50.8 Å². The molecular weight excluding hydrogens is 428 g/mol. The second kappa shape index (κ2) is 10.6. The summed E-state index contributed by atoms with van der Waals surface area (Å²) in [7, 11) is 0. The van der Waals surface area contributed by atoms with Gasteiger partial charge in [-0.15, -0.1) is 0 Å². The molecule has 3 rings (SSSR count). The molecule has 6 nitrogen and oxygen atoms in total. The van der Waals surface area contributed by atoms with E-state index >= 15 is 0 Å². The van der Waals surface area contributed by atoms with Crippen LogP contribution < -0.4 is 10.1 Å². The molecule has 0 bridgehead atoms. The van der Waals surface area contributed by atoms with E-state index in [1.54, 1.807) is 19.1 Å². The molecule has 2 aromatic rings. The lowest BCUT2D eigenvalue weighted by atomic mass is 9.92. The Kier molecular flexibility index (Phi) is 7.80. The van der Waals surface area contributed by atoms with Crippen LogP contribution in [-0.4, -0.2) is 36.7 Å². The van der Waals surface area contributed by atoms with Gasteiger partial charge in [0, 0.05) is 6.54 Å². The predicted molar refractivity (Wildman–Crippen MR) is 125 cm³/mol. The summed E-state index contributed by atoms with van der Waals surface area (Å²) in [5, 5.41) is 3.41. The first kappa shape index (κ1) is 23.7. The smallest absolute Gasteiger partial charge is 0.338 e. The number of amides is 2. The van der Waals surface area contributed by atoms with E-state index in [4.69, 9.17) is 21.1 Å². The van der Waals surface area contributed by atoms with E-state index in [0.717, 1.165) is 5.56 Å². The topological polar surface area (TPSA) is 67.9 Å². The number of hydrogen-bond donors (Lipinski definition) is 1. The van der Waals surface area contributed by atoms with Crippen LogP contribution in [0, 0.1) is 0 Å². The van der Waals surface area contributed by atoms with Gasteiger partial charge in [-0.25, -0.2) is 9.59 Å². The first-order chi connectivity index (χ1) is 15.4. The van der Waals surface area contributed by atoms with Crippen LogP contribution in [0.15, 0.2) is 59.8 Å². The lowest BCUT2D eigenvalue weighted by Crippen LogP contribution is -2.49. The highest BCUT2D eigenvalue weighted by molar-refractivity contribution is 6.32. The highest BCUT2D eigenvalue weighted by Gasteiger charge is 2.38. The van der Waals surface area contributed by atoms with Gasteiger partial charge in [0.05, 0.1) is 28.9 Å². The summed E-state index contributed by atoms with van der Waals surface area (Å²) in [6.07, 6.45) is 0. The summed E-state index contributed by atoms with van der Waals surface area (Å²) in [5.41, 5.74) is 2.80. The fraction of sp³-hybridized carbons (Fsp3) is 0.360. The number of ether oxygens (including phenoxy) is 2. The highest BCUT2D eigenvalue weighted by Crippen LogP contribution is 2.33. The van der Waals surface area contributed by atoms with E-state index in [1.807, 2.05) is 43.3 Å². The van der Waals surface area contributed by atoms with Gasteiger partial charge in [0.25, 0.3) is 0 Å². The average molecular weight is 457 g/mol. The van der Waals surface area contributed by atoms with Gasteiger partial charge in [-0.2, -0.15) is 0 Å². The molecule has 0 spiro atoms. The Labute approximate surface area is 194 Å². The van der Waals surface area contributed by atoms with E-state index in [2.05, 4.69) is 19.2 Å². The summed E-state index contributed by atoms with van der Waals surface area (Å²) in [6.45, 7) is 8.42. The van der Waals surface area contributed by atoms with Crippen LogP contribution in [-0.2, 0) is 9.53 Å². The molecule has 32 heavy (non-hydrogen) atoms. The summed E-state index contributed by atoms with van der Waals surface area (Å²) >= 11 is 6.23.